The maximum absolute atomic E-state index is 13.0. The summed E-state index contributed by atoms with van der Waals surface area (Å²) in [7, 11) is 0. The van der Waals surface area contributed by atoms with Gasteiger partial charge >= 0.3 is 0 Å². The lowest BCUT2D eigenvalue weighted by atomic mass is 10.0. The molecule has 0 aliphatic heterocycles. The molecule has 1 unspecified atom stereocenters. The van der Waals surface area contributed by atoms with Crippen LogP contribution in [0.1, 0.15) is 19.3 Å². The number of rotatable bonds is 2. The van der Waals surface area contributed by atoms with Crippen molar-refractivity contribution in [3.8, 4) is 0 Å². The standard InChI is InChI=1S/C12H13FN4/c13-9-6-7-11-15-12(16-17(11)8-9)14-10-4-2-1-3-5-10/h1-2,6-8,10H,3-5H2,(H,14,16). The quantitative estimate of drug-likeness (QED) is 0.808. The van der Waals surface area contributed by atoms with Crippen LogP contribution < -0.4 is 5.32 Å². The van der Waals surface area contributed by atoms with Crippen LogP contribution in [0.25, 0.3) is 5.65 Å². The molecule has 0 bridgehead atoms. The molecule has 0 amide bonds. The number of halogens is 1. The van der Waals surface area contributed by atoms with Gasteiger partial charge in [-0.15, -0.1) is 5.10 Å². The minimum atomic E-state index is -0.311. The molecule has 0 aromatic carbocycles. The summed E-state index contributed by atoms with van der Waals surface area (Å²) in [5.41, 5.74) is 0.653. The van der Waals surface area contributed by atoms with Gasteiger partial charge in [0, 0.05) is 6.04 Å². The summed E-state index contributed by atoms with van der Waals surface area (Å²) < 4.78 is 14.4. The second-order valence-corrected chi connectivity index (χ2v) is 4.21. The van der Waals surface area contributed by atoms with E-state index in [1.54, 1.807) is 6.07 Å². The number of anilines is 1. The van der Waals surface area contributed by atoms with Gasteiger partial charge < -0.3 is 5.32 Å². The second kappa shape index (κ2) is 4.16. The molecule has 0 spiro atoms. The van der Waals surface area contributed by atoms with E-state index in [9.17, 15) is 4.39 Å². The molecule has 1 atom stereocenters. The number of nitrogens with zero attached hydrogens (tertiary/aromatic N) is 3. The first-order valence-electron chi connectivity index (χ1n) is 5.75. The lowest BCUT2D eigenvalue weighted by Gasteiger charge is -2.17. The normalized spacial score (nSPS) is 19.7. The van der Waals surface area contributed by atoms with Gasteiger partial charge in [-0.1, -0.05) is 12.2 Å². The third-order valence-electron chi connectivity index (χ3n) is 2.90. The number of aromatic nitrogens is 3. The molecule has 0 saturated heterocycles. The summed E-state index contributed by atoms with van der Waals surface area (Å²) in [6, 6.07) is 3.38. The highest BCUT2D eigenvalue weighted by Gasteiger charge is 2.12. The molecular weight excluding hydrogens is 219 g/mol. The van der Waals surface area contributed by atoms with Crippen molar-refractivity contribution in [2.45, 2.75) is 25.3 Å². The molecular formula is C12H13FN4. The Balaban J connectivity index is 1.83. The van der Waals surface area contributed by atoms with Crippen molar-refractivity contribution >= 4 is 11.6 Å². The zero-order valence-electron chi connectivity index (χ0n) is 9.31. The molecule has 2 aromatic rings. The van der Waals surface area contributed by atoms with Crippen LogP contribution in [-0.4, -0.2) is 20.6 Å². The fourth-order valence-electron chi connectivity index (χ4n) is 2.03. The Bertz CT molecular complexity index is 561. The van der Waals surface area contributed by atoms with Crippen LogP contribution in [0.3, 0.4) is 0 Å². The first kappa shape index (κ1) is 10.3. The lowest BCUT2D eigenvalue weighted by molar-refractivity contribution is 0.614. The molecule has 2 heterocycles. The van der Waals surface area contributed by atoms with Crippen LogP contribution in [0.15, 0.2) is 30.5 Å². The van der Waals surface area contributed by atoms with Crippen molar-refractivity contribution in [3.63, 3.8) is 0 Å². The van der Waals surface area contributed by atoms with Gasteiger partial charge in [0.25, 0.3) is 0 Å². The highest BCUT2D eigenvalue weighted by Crippen LogP contribution is 2.15. The van der Waals surface area contributed by atoms with E-state index in [0.717, 1.165) is 19.3 Å². The second-order valence-electron chi connectivity index (χ2n) is 4.21. The van der Waals surface area contributed by atoms with Gasteiger partial charge in [0.15, 0.2) is 5.65 Å². The Morgan fingerprint density at radius 1 is 1.35 bits per heavy atom. The average Bonchev–Trinajstić information content (AvgIpc) is 2.71. The predicted octanol–water partition coefficient (Wildman–Crippen LogP) is 2.39. The summed E-state index contributed by atoms with van der Waals surface area (Å²) in [5.74, 6) is 0.255. The molecule has 0 fully saturated rings. The van der Waals surface area contributed by atoms with Crippen molar-refractivity contribution in [2.75, 3.05) is 5.32 Å². The van der Waals surface area contributed by atoms with E-state index < -0.39 is 0 Å². The summed E-state index contributed by atoms with van der Waals surface area (Å²) in [4.78, 5) is 4.30. The highest BCUT2D eigenvalue weighted by molar-refractivity contribution is 5.43. The van der Waals surface area contributed by atoms with Crippen molar-refractivity contribution in [3.05, 3.63) is 36.3 Å². The fourth-order valence-corrected chi connectivity index (χ4v) is 2.03. The molecule has 3 rings (SSSR count). The van der Waals surface area contributed by atoms with Gasteiger partial charge in [-0.25, -0.2) is 8.91 Å². The average molecular weight is 232 g/mol. The van der Waals surface area contributed by atoms with E-state index in [2.05, 4.69) is 27.6 Å². The molecule has 0 saturated carbocycles. The Hall–Kier alpha value is -1.91. The third-order valence-corrected chi connectivity index (χ3v) is 2.90. The van der Waals surface area contributed by atoms with Gasteiger partial charge in [0.2, 0.25) is 5.95 Å². The van der Waals surface area contributed by atoms with E-state index in [4.69, 9.17) is 0 Å². The van der Waals surface area contributed by atoms with Gasteiger partial charge in [-0.2, -0.15) is 4.98 Å². The zero-order chi connectivity index (χ0) is 11.7. The van der Waals surface area contributed by atoms with Gasteiger partial charge in [0.05, 0.1) is 6.20 Å². The van der Waals surface area contributed by atoms with E-state index in [-0.39, 0.29) is 5.82 Å². The number of pyridine rings is 1. The predicted molar refractivity (Wildman–Crippen MR) is 63.3 cm³/mol. The summed E-state index contributed by atoms with van der Waals surface area (Å²) in [5, 5.41) is 7.47. The smallest absolute Gasteiger partial charge is 0.243 e. The minimum absolute atomic E-state index is 0.311. The van der Waals surface area contributed by atoms with Gasteiger partial charge in [0.1, 0.15) is 5.82 Å². The van der Waals surface area contributed by atoms with E-state index in [1.807, 2.05) is 0 Å². The highest BCUT2D eigenvalue weighted by atomic mass is 19.1. The monoisotopic (exact) mass is 232 g/mol. The minimum Gasteiger partial charge on any atom is -0.350 e. The number of hydrogen-bond donors (Lipinski definition) is 1. The molecule has 2 aromatic heterocycles. The Morgan fingerprint density at radius 2 is 2.29 bits per heavy atom. The SMILES string of the molecule is Fc1ccc2nc(NC3CC=CCC3)nn2c1. The van der Waals surface area contributed by atoms with Crippen LogP contribution in [0.2, 0.25) is 0 Å². The Labute approximate surface area is 98.2 Å². The molecule has 1 aliphatic rings. The summed E-state index contributed by atoms with van der Waals surface area (Å²) in [6.45, 7) is 0. The van der Waals surface area contributed by atoms with E-state index in [1.165, 1.54) is 16.8 Å². The fraction of sp³-hybridized carbons (Fsp3) is 0.333. The molecule has 0 radical (unpaired) electrons. The van der Waals surface area contributed by atoms with E-state index >= 15 is 0 Å². The van der Waals surface area contributed by atoms with Crippen molar-refractivity contribution < 1.29 is 4.39 Å². The van der Waals surface area contributed by atoms with E-state index in [0.29, 0.717) is 17.6 Å². The first-order valence-corrected chi connectivity index (χ1v) is 5.75. The van der Waals surface area contributed by atoms with Crippen molar-refractivity contribution in [2.24, 2.45) is 0 Å². The van der Waals surface area contributed by atoms with Crippen LogP contribution in [-0.2, 0) is 0 Å². The maximum Gasteiger partial charge on any atom is 0.243 e. The Morgan fingerprint density at radius 3 is 3.12 bits per heavy atom. The topological polar surface area (TPSA) is 42.2 Å². The number of hydrogen-bond acceptors (Lipinski definition) is 3. The number of allylic oxidation sites excluding steroid dienone is 1. The van der Waals surface area contributed by atoms with Gasteiger partial charge in [-0.05, 0) is 31.4 Å². The third kappa shape index (κ3) is 2.13. The summed E-state index contributed by atoms with van der Waals surface area (Å²) >= 11 is 0. The summed E-state index contributed by atoms with van der Waals surface area (Å²) in [6.07, 6.45) is 8.83. The number of fused-ring (bicyclic) bond motifs is 1. The van der Waals surface area contributed by atoms with Crippen molar-refractivity contribution in [1.29, 1.82) is 0 Å². The maximum atomic E-state index is 13.0. The Kier molecular flexibility index (Phi) is 2.51. The number of nitrogens with one attached hydrogen (secondary N) is 1. The molecule has 88 valence electrons. The van der Waals surface area contributed by atoms with Crippen LogP contribution in [0, 0.1) is 5.82 Å². The van der Waals surface area contributed by atoms with Crippen LogP contribution in [0.4, 0.5) is 10.3 Å². The van der Waals surface area contributed by atoms with Crippen LogP contribution >= 0.6 is 0 Å². The van der Waals surface area contributed by atoms with Gasteiger partial charge in [-0.3, -0.25) is 0 Å². The molecule has 5 heteroatoms. The largest absolute Gasteiger partial charge is 0.350 e. The molecule has 1 N–H and O–H groups in total. The van der Waals surface area contributed by atoms with Crippen molar-refractivity contribution in [1.82, 2.24) is 14.6 Å². The molecule has 4 nitrogen and oxygen atoms in total. The lowest BCUT2D eigenvalue weighted by Crippen LogP contribution is -2.20. The first-order chi connectivity index (χ1) is 8.31. The molecule has 1 aliphatic carbocycles. The zero-order valence-corrected chi connectivity index (χ0v) is 9.31. The molecule has 17 heavy (non-hydrogen) atoms. The van der Waals surface area contributed by atoms with Crippen LogP contribution in [0.5, 0.6) is 0 Å².